The zero-order valence-corrected chi connectivity index (χ0v) is 8.66. The minimum Gasteiger partial charge on any atom is -0.383 e. The summed E-state index contributed by atoms with van der Waals surface area (Å²) in [4.78, 5) is 14.0. The Kier molecular flexibility index (Phi) is 3.03. The summed E-state index contributed by atoms with van der Waals surface area (Å²) in [6.45, 7) is 3.32. The number of hydrogen-bond acceptors (Lipinski definition) is 3. The lowest BCUT2D eigenvalue weighted by molar-refractivity contribution is -0.138. The molecule has 4 heteroatoms. The summed E-state index contributed by atoms with van der Waals surface area (Å²) in [7, 11) is 1.70. The Morgan fingerprint density at radius 3 is 2.93 bits per heavy atom. The van der Waals surface area contributed by atoms with Gasteiger partial charge in [0, 0.05) is 26.7 Å². The van der Waals surface area contributed by atoms with Gasteiger partial charge in [0.05, 0.1) is 18.6 Å². The van der Waals surface area contributed by atoms with E-state index in [1.54, 1.807) is 7.11 Å². The molecule has 0 aromatic carbocycles. The third-order valence-electron chi connectivity index (χ3n) is 3.15. The standard InChI is InChI=1S/C10H18N2O2/c1-14-7-9-3-2-4-12(9)10(13)8-5-11-6-8/h8-9,11H,2-7H2,1H3. The summed E-state index contributed by atoms with van der Waals surface area (Å²) in [6.07, 6.45) is 2.22. The molecule has 2 aliphatic rings. The van der Waals surface area contributed by atoms with Crippen LogP contribution in [-0.2, 0) is 9.53 Å². The molecule has 0 bridgehead atoms. The van der Waals surface area contributed by atoms with Crippen molar-refractivity contribution in [2.75, 3.05) is 33.4 Å². The van der Waals surface area contributed by atoms with Gasteiger partial charge in [-0.15, -0.1) is 0 Å². The number of likely N-dealkylation sites (tertiary alicyclic amines) is 1. The summed E-state index contributed by atoms with van der Waals surface area (Å²) in [5.74, 6) is 0.552. The first-order chi connectivity index (χ1) is 6.83. The van der Waals surface area contributed by atoms with Crippen molar-refractivity contribution in [2.45, 2.75) is 18.9 Å². The fourth-order valence-corrected chi connectivity index (χ4v) is 2.19. The van der Waals surface area contributed by atoms with Crippen molar-refractivity contribution in [3.8, 4) is 0 Å². The minimum atomic E-state index is 0.229. The predicted octanol–water partition coefficient (Wildman–Crippen LogP) is -0.157. The number of carbonyl (C=O) groups excluding carboxylic acids is 1. The van der Waals surface area contributed by atoms with Gasteiger partial charge in [-0.1, -0.05) is 0 Å². The molecule has 0 radical (unpaired) electrons. The molecule has 1 N–H and O–H groups in total. The summed E-state index contributed by atoms with van der Waals surface area (Å²) >= 11 is 0. The highest BCUT2D eigenvalue weighted by atomic mass is 16.5. The Balaban J connectivity index is 1.90. The van der Waals surface area contributed by atoms with E-state index >= 15 is 0 Å². The first-order valence-corrected chi connectivity index (χ1v) is 5.33. The molecule has 80 valence electrons. The van der Waals surface area contributed by atoms with E-state index in [1.807, 2.05) is 4.90 Å². The lowest BCUT2D eigenvalue weighted by Crippen LogP contribution is -2.53. The van der Waals surface area contributed by atoms with E-state index in [0.717, 1.165) is 32.5 Å². The van der Waals surface area contributed by atoms with Crippen molar-refractivity contribution in [2.24, 2.45) is 5.92 Å². The number of ether oxygens (including phenoxy) is 1. The van der Waals surface area contributed by atoms with Gasteiger partial charge in [0.25, 0.3) is 0 Å². The van der Waals surface area contributed by atoms with Crippen LogP contribution in [0, 0.1) is 5.92 Å². The summed E-state index contributed by atoms with van der Waals surface area (Å²) < 4.78 is 5.13. The van der Waals surface area contributed by atoms with Crippen LogP contribution in [0.5, 0.6) is 0 Å². The predicted molar refractivity (Wildman–Crippen MR) is 53.0 cm³/mol. The van der Waals surface area contributed by atoms with Gasteiger partial charge >= 0.3 is 0 Å². The highest BCUT2D eigenvalue weighted by Gasteiger charge is 2.35. The fraction of sp³-hybridized carbons (Fsp3) is 0.900. The van der Waals surface area contributed by atoms with Crippen molar-refractivity contribution >= 4 is 5.91 Å². The van der Waals surface area contributed by atoms with Crippen LogP contribution in [0.25, 0.3) is 0 Å². The van der Waals surface area contributed by atoms with E-state index in [-0.39, 0.29) is 5.92 Å². The monoisotopic (exact) mass is 198 g/mol. The molecule has 2 fully saturated rings. The Labute approximate surface area is 84.6 Å². The fourth-order valence-electron chi connectivity index (χ4n) is 2.19. The van der Waals surface area contributed by atoms with Crippen LogP contribution in [0.1, 0.15) is 12.8 Å². The third-order valence-corrected chi connectivity index (χ3v) is 3.15. The van der Waals surface area contributed by atoms with Crippen molar-refractivity contribution in [1.82, 2.24) is 10.2 Å². The van der Waals surface area contributed by atoms with E-state index in [0.29, 0.717) is 18.6 Å². The molecule has 2 aliphatic heterocycles. The molecule has 2 rings (SSSR count). The number of carbonyl (C=O) groups is 1. The maximum atomic E-state index is 11.9. The van der Waals surface area contributed by atoms with Crippen LogP contribution < -0.4 is 5.32 Å². The molecule has 1 unspecified atom stereocenters. The van der Waals surface area contributed by atoms with Crippen LogP contribution in [-0.4, -0.2) is 50.2 Å². The lowest BCUT2D eigenvalue weighted by atomic mass is 10.0. The van der Waals surface area contributed by atoms with Crippen molar-refractivity contribution < 1.29 is 9.53 Å². The van der Waals surface area contributed by atoms with E-state index in [1.165, 1.54) is 0 Å². The first kappa shape index (κ1) is 9.93. The molecule has 0 aromatic heterocycles. The molecule has 2 heterocycles. The smallest absolute Gasteiger partial charge is 0.228 e. The Bertz CT molecular complexity index is 216. The van der Waals surface area contributed by atoms with E-state index in [9.17, 15) is 4.79 Å². The summed E-state index contributed by atoms with van der Waals surface area (Å²) in [5.41, 5.74) is 0. The van der Waals surface area contributed by atoms with Crippen molar-refractivity contribution in [3.05, 3.63) is 0 Å². The maximum Gasteiger partial charge on any atom is 0.228 e. The van der Waals surface area contributed by atoms with Crippen LogP contribution in [0.15, 0.2) is 0 Å². The van der Waals surface area contributed by atoms with Crippen LogP contribution in [0.4, 0.5) is 0 Å². The zero-order valence-electron chi connectivity index (χ0n) is 8.66. The molecule has 4 nitrogen and oxygen atoms in total. The highest BCUT2D eigenvalue weighted by Crippen LogP contribution is 2.21. The Morgan fingerprint density at radius 2 is 2.36 bits per heavy atom. The molecule has 14 heavy (non-hydrogen) atoms. The van der Waals surface area contributed by atoms with E-state index < -0.39 is 0 Å². The Morgan fingerprint density at radius 1 is 1.57 bits per heavy atom. The van der Waals surface area contributed by atoms with Crippen LogP contribution in [0.3, 0.4) is 0 Å². The minimum absolute atomic E-state index is 0.229. The summed E-state index contributed by atoms with van der Waals surface area (Å²) in [6, 6.07) is 0.327. The van der Waals surface area contributed by atoms with Gasteiger partial charge in [0.2, 0.25) is 5.91 Å². The number of methoxy groups -OCH3 is 1. The average molecular weight is 198 g/mol. The normalized spacial score (nSPS) is 27.8. The number of nitrogens with one attached hydrogen (secondary N) is 1. The third kappa shape index (κ3) is 1.77. The zero-order chi connectivity index (χ0) is 9.97. The summed E-state index contributed by atoms with van der Waals surface area (Å²) in [5, 5.41) is 3.13. The number of amides is 1. The second-order valence-electron chi connectivity index (χ2n) is 4.14. The van der Waals surface area contributed by atoms with Gasteiger partial charge in [0.1, 0.15) is 0 Å². The van der Waals surface area contributed by atoms with E-state index in [4.69, 9.17) is 4.74 Å². The molecule has 1 atom stereocenters. The van der Waals surface area contributed by atoms with Crippen LogP contribution >= 0.6 is 0 Å². The SMILES string of the molecule is COCC1CCCN1C(=O)C1CNC1. The average Bonchev–Trinajstić information content (AvgIpc) is 2.49. The first-order valence-electron chi connectivity index (χ1n) is 5.33. The van der Waals surface area contributed by atoms with Crippen LogP contribution in [0.2, 0.25) is 0 Å². The molecule has 2 saturated heterocycles. The van der Waals surface area contributed by atoms with E-state index in [2.05, 4.69) is 5.32 Å². The second-order valence-corrected chi connectivity index (χ2v) is 4.14. The van der Waals surface area contributed by atoms with Gasteiger partial charge in [-0.3, -0.25) is 4.79 Å². The maximum absolute atomic E-state index is 11.9. The molecule has 0 saturated carbocycles. The van der Waals surface area contributed by atoms with Gasteiger partial charge < -0.3 is 15.0 Å². The van der Waals surface area contributed by atoms with Crippen molar-refractivity contribution in [1.29, 1.82) is 0 Å². The molecule has 0 spiro atoms. The molecule has 0 aliphatic carbocycles. The Hall–Kier alpha value is -0.610. The molecular formula is C10H18N2O2. The lowest BCUT2D eigenvalue weighted by Gasteiger charge is -2.33. The second kappa shape index (κ2) is 4.28. The van der Waals surface area contributed by atoms with Gasteiger partial charge in [-0.25, -0.2) is 0 Å². The molecule has 0 aromatic rings. The topological polar surface area (TPSA) is 41.6 Å². The van der Waals surface area contributed by atoms with Crippen molar-refractivity contribution in [3.63, 3.8) is 0 Å². The van der Waals surface area contributed by atoms with Gasteiger partial charge in [-0.05, 0) is 12.8 Å². The number of hydrogen-bond donors (Lipinski definition) is 1. The number of rotatable bonds is 3. The molecular weight excluding hydrogens is 180 g/mol. The number of nitrogens with zero attached hydrogens (tertiary/aromatic N) is 1. The highest BCUT2D eigenvalue weighted by molar-refractivity contribution is 5.80. The molecule has 1 amide bonds. The van der Waals surface area contributed by atoms with Gasteiger partial charge in [-0.2, -0.15) is 0 Å². The van der Waals surface area contributed by atoms with Gasteiger partial charge in [0.15, 0.2) is 0 Å². The largest absolute Gasteiger partial charge is 0.383 e. The quantitative estimate of drug-likeness (QED) is 0.685.